The molecule has 1 aliphatic heterocycles. The molecule has 3 N–H and O–H groups in total. The Balaban J connectivity index is 2.00. The summed E-state index contributed by atoms with van der Waals surface area (Å²) >= 11 is 0. The fraction of sp³-hybridized carbons (Fsp3) is 0.516. The quantitative estimate of drug-likeness (QED) is 0.404. The molecule has 9 nitrogen and oxygen atoms in total. The maximum Gasteiger partial charge on any atom is 0.328 e. The van der Waals surface area contributed by atoms with Gasteiger partial charge in [0.2, 0.25) is 5.91 Å². The molecule has 1 amide bonds. The number of esters is 2. The highest BCUT2D eigenvalue weighted by molar-refractivity contribution is 5.87. The molecule has 0 aromatic heterocycles. The van der Waals surface area contributed by atoms with E-state index >= 15 is 0 Å². The Morgan fingerprint density at radius 2 is 1.65 bits per heavy atom. The minimum Gasteiger partial charge on any atom is -0.467 e. The molecule has 40 heavy (non-hydrogen) atoms. The number of rotatable bonds is 11. The van der Waals surface area contributed by atoms with Gasteiger partial charge in [0.15, 0.2) is 0 Å². The lowest BCUT2D eigenvalue weighted by molar-refractivity contribution is -0.191. The number of methoxy groups -OCH3 is 1. The van der Waals surface area contributed by atoms with Gasteiger partial charge in [-0.2, -0.15) is 5.06 Å². The predicted molar refractivity (Wildman–Crippen MR) is 151 cm³/mol. The molecule has 3 unspecified atom stereocenters. The van der Waals surface area contributed by atoms with Crippen LogP contribution in [0.2, 0.25) is 0 Å². The third kappa shape index (κ3) is 8.13. The number of nitrogens with two attached hydrogens (primary N) is 1. The Bertz CT molecular complexity index is 1120. The van der Waals surface area contributed by atoms with Gasteiger partial charge in [-0.05, 0) is 37.8 Å². The molecule has 2 aromatic carbocycles. The minimum atomic E-state index is -1.00. The molecule has 1 saturated heterocycles. The third-order valence-corrected chi connectivity index (χ3v) is 7.18. The van der Waals surface area contributed by atoms with E-state index in [4.69, 9.17) is 20.0 Å². The van der Waals surface area contributed by atoms with Gasteiger partial charge >= 0.3 is 11.9 Å². The van der Waals surface area contributed by atoms with Crippen molar-refractivity contribution in [3.8, 4) is 0 Å². The molecule has 1 heterocycles. The Hall–Kier alpha value is -3.27. The second-order valence-electron chi connectivity index (χ2n) is 11.4. The average molecular weight is 554 g/mol. The van der Waals surface area contributed by atoms with Crippen LogP contribution in [-0.4, -0.2) is 54.3 Å². The van der Waals surface area contributed by atoms with E-state index < -0.39 is 53.5 Å². The molecule has 0 saturated carbocycles. The summed E-state index contributed by atoms with van der Waals surface area (Å²) in [5.41, 5.74) is 7.65. The van der Waals surface area contributed by atoms with Gasteiger partial charge < -0.3 is 20.5 Å². The summed E-state index contributed by atoms with van der Waals surface area (Å²) in [7, 11) is 1.30. The Morgan fingerprint density at radius 3 is 2.20 bits per heavy atom. The van der Waals surface area contributed by atoms with Gasteiger partial charge in [0.25, 0.3) is 0 Å². The van der Waals surface area contributed by atoms with E-state index in [1.807, 2.05) is 74.5 Å². The molecule has 0 radical (unpaired) electrons. The number of nitrogens with one attached hydrogen (secondary N) is 1. The standard InChI is InChI=1S/C31H43N3O6/c1-7-20(2)26(30(37)38-6)33-28(35)23-19-34(18-21-14-10-8-11-15-21)40-27(23)24(29(36)39-31(3,4)5)25(32)22-16-12-9-13-17-22/h8-17,20,23-27H,7,18-19,32H2,1-6H3,(H,33,35)/t20-,23?,24?,25+,26-,27?/m0/s1. The lowest BCUT2D eigenvalue weighted by Gasteiger charge is -2.33. The monoisotopic (exact) mass is 553 g/mol. The highest BCUT2D eigenvalue weighted by atomic mass is 16.7. The van der Waals surface area contributed by atoms with Crippen molar-refractivity contribution in [2.45, 2.75) is 71.4 Å². The second-order valence-corrected chi connectivity index (χ2v) is 11.4. The van der Waals surface area contributed by atoms with Crippen molar-refractivity contribution in [2.75, 3.05) is 13.7 Å². The first-order chi connectivity index (χ1) is 18.9. The van der Waals surface area contributed by atoms with Gasteiger partial charge in [0.1, 0.15) is 23.7 Å². The molecule has 218 valence electrons. The summed E-state index contributed by atoms with van der Waals surface area (Å²) in [5.74, 6) is -3.47. The lowest BCUT2D eigenvalue weighted by atomic mass is 9.82. The zero-order valence-electron chi connectivity index (χ0n) is 24.3. The molecule has 1 aliphatic rings. The molecule has 0 spiro atoms. The molecule has 9 heteroatoms. The summed E-state index contributed by atoms with van der Waals surface area (Å²) < 4.78 is 10.8. The van der Waals surface area contributed by atoms with Gasteiger partial charge in [0.05, 0.1) is 13.0 Å². The number of carbonyl (C=O) groups is 3. The zero-order chi connectivity index (χ0) is 29.4. The normalized spacial score (nSPS) is 20.7. The van der Waals surface area contributed by atoms with Crippen LogP contribution in [0.3, 0.4) is 0 Å². The van der Waals surface area contributed by atoms with Crippen LogP contribution in [0, 0.1) is 17.8 Å². The van der Waals surface area contributed by atoms with Crippen molar-refractivity contribution >= 4 is 17.8 Å². The van der Waals surface area contributed by atoms with Crippen molar-refractivity contribution in [1.29, 1.82) is 0 Å². The van der Waals surface area contributed by atoms with E-state index in [1.54, 1.807) is 25.8 Å². The molecule has 2 aromatic rings. The fourth-order valence-corrected chi connectivity index (χ4v) is 4.84. The van der Waals surface area contributed by atoms with Crippen LogP contribution in [0.25, 0.3) is 0 Å². The van der Waals surface area contributed by atoms with Crippen LogP contribution in [0.5, 0.6) is 0 Å². The number of carbonyl (C=O) groups excluding carboxylic acids is 3. The van der Waals surface area contributed by atoms with Crippen LogP contribution in [0.1, 0.15) is 58.2 Å². The fourth-order valence-electron chi connectivity index (χ4n) is 4.84. The molecular weight excluding hydrogens is 510 g/mol. The van der Waals surface area contributed by atoms with Gasteiger partial charge in [-0.1, -0.05) is 80.9 Å². The number of ether oxygens (including phenoxy) is 2. The Morgan fingerprint density at radius 1 is 1.05 bits per heavy atom. The van der Waals surface area contributed by atoms with Crippen molar-refractivity contribution in [3.05, 3.63) is 71.8 Å². The highest BCUT2D eigenvalue weighted by Crippen LogP contribution is 2.36. The van der Waals surface area contributed by atoms with Gasteiger partial charge in [-0.3, -0.25) is 14.4 Å². The highest BCUT2D eigenvalue weighted by Gasteiger charge is 2.50. The maximum atomic E-state index is 13.9. The Labute approximate surface area is 237 Å². The molecule has 3 rings (SSSR count). The Kier molecular flexibility index (Phi) is 10.8. The summed E-state index contributed by atoms with van der Waals surface area (Å²) in [6.07, 6.45) is -0.284. The maximum absolute atomic E-state index is 13.9. The number of hydrogen-bond donors (Lipinski definition) is 2. The van der Waals surface area contributed by atoms with Crippen LogP contribution in [-0.2, 0) is 35.2 Å². The zero-order valence-corrected chi connectivity index (χ0v) is 24.3. The van der Waals surface area contributed by atoms with Crippen molar-refractivity contribution < 1.29 is 28.7 Å². The van der Waals surface area contributed by atoms with E-state index in [-0.39, 0.29) is 12.5 Å². The summed E-state index contributed by atoms with van der Waals surface area (Å²) in [4.78, 5) is 46.5. The summed E-state index contributed by atoms with van der Waals surface area (Å²) in [6, 6.07) is 17.3. The van der Waals surface area contributed by atoms with E-state index in [1.165, 1.54) is 7.11 Å². The first-order valence-electron chi connectivity index (χ1n) is 13.8. The van der Waals surface area contributed by atoms with Crippen LogP contribution < -0.4 is 11.1 Å². The predicted octanol–water partition coefficient (Wildman–Crippen LogP) is 3.78. The van der Waals surface area contributed by atoms with E-state index in [9.17, 15) is 14.4 Å². The number of hydrogen-bond acceptors (Lipinski definition) is 8. The second kappa shape index (κ2) is 13.9. The number of benzene rings is 2. The SMILES string of the molecule is CC[C@H](C)[C@H](NC(=O)C1CN(Cc2ccccc2)OC1C(C(=O)OC(C)(C)C)[C@H](N)c1ccccc1)C(=O)OC. The molecule has 0 bridgehead atoms. The lowest BCUT2D eigenvalue weighted by Crippen LogP contribution is -2.52. The van der Waals surface area contributed by atoms with Gasteiger partial charge in [-0.25, -0.2) is 4.79 Å². The van der Waals surface area contributed by atoms with Crippen LogP contribution in [0.4, 0.5) is 0 Å². The molecule has 1 fully saturated rings. The number of amides is 1. The van der Waals surface area contributed by atoms with Crippen LogP contribution in [0.15, 0.2) is 60.7 Å². The van der Waals surface area contributed by atoms with Crippen molar-refractivity contribution in [2.24, 2.45) is 23.5 Å². The van der Waals surface area contributed by atoms with E-state index in [0.717, 1.165) is 11.1 Å². The van der Waals surface area contributed by atoms with E-state index in [2.05, 4.69) is 5.32 Å². The topological polar surface area (TPSA) is 120 Å². The van der Waals surface area contributed by atoms with Gasteiger partial charge in [-0.15, -0.1) is 0 Å². The summed E-state index contributed by atoms with van der Waals surface area (Å²) in [5, 5.41) is 4.56. The number of nitrogens with zero attached hydrogens (tertiary/aromatic N) is 1. The third-order valence-electron chi connectivity index (χ3n) is 7.18. The first-order valence-corrected chi connectivity index (χ1v) is 13.8. The van der Waals surface area contributed by atoms with Crippen molar-refractivity contribution in [3.63, 3.8) is 0 Å². The molecule has 0 aliphatic carbocycles. The van der Waals surface area contributed by atoms with Gasteiger partial charge in [0, 0.05) is 19.1 Å². The molecule has 6 atom stereocenters. The average Bonchev–Trinajstić information content (AvgIpc) is 3.33. The van der Waals surface area contributed by atoms with Crippen molar-refractivity contribution in [1.82, 2.24) is 10.4 Å². The number of hydroxylamine groups is 2. The molecular formula is C31H43N3O6. The van der Waals surface area contributed by atoms with Crippen LogP contribution >= 0.6 is 0 Å². The van der Waals surface area contributed by atoms with E-state index in [0.29, 0.717) is 13.0 Å². The summed E-state index contributed by atoms with van der Waals surface area (Å²) in [6.45, 7) is 9.75. The first kappa shape index (κ1) is 31.3. The largest absolute Gasteiger partial charge is 0.467 e. The smallest absolute Gasteiger partial charge is 0.328 e. The minimum absolute atomic E-state index is 0.161.